The van der Waals surface area contributed by atoms with Crippen molar-refractivity contribution in [2.45, 2.75) is 6.61 Å². The van der Waals surface area contributed by atoms with Crippen molar-refractivity contribution in [3.8, 4) is 11.5 Å². The van der Waals surface area contributed by atoms with E-state index in [1.807, 2.05) is 0 Å². The molecule has 5 heteroatoms. The molecule has 0 aromatic heterocycles. The summed E-state index contributed by atoms with van der Waals surface area (Å²) in [4.78, 5) is 4.38. The fourth-order valence-corrected chi connectivity index (χ4v) is 1.20. The molecule has 2 rings (SSSR count). The predicted octanol–water partition coefficient (Wildman–Crippen LogP) is 0.945. The van der Waals surface area contributed by atoms with E-state index < -0.39 is 5.82 Å². The van der Waals surface area contributed by atoms with Crippen molar-refractivity contribution in [3.63, 3.8) is 0 Å². The third-order valence-corrected chi connectivity index (χ3v) is 1.74. The molecule has 1 aliphatic heterocycles. The van der Waals surface area contributed by atoms with Gasteiger partial charge in [-0.25, -0.2) is 10.3 Å². The van der Waals surface area contributed by atoms with Crippen molar-refractivity contribution >= 4 is 0 Å². The lowest BCUT2D eigenvalue weighted by atomic mass is 10.2. The van der Waals surface area contributed by atoms with Gasteiger partial charge in [-0.05, 0) is 17.7 Å². The van der Waals surface area contributed by atoms with Gasteiger partial charge >= 0.3 is 0 Å². The van der Waals surface area contributed by atoms with E-state index in [-0.39, 0.29) is 19.1 Å². The van der Waals surface area contributed by atoms with E-state index in [0.717, 1.165) is 0 Å². The average molecular weight is 185 g/mol. The van der Waals surface area contributed by atoms with Gasteiger partial charge in [0.25, 0.3) is 0 Å². The number of fused-ring (bicyclic) bond motifs is 1. The van der Waals surface area contributed by atoms with E-state index in [0.29, 0.717) is 11.3 Å². The van der Waals surface area contributed by atoms with Crippen molar-refractivity contribution in [2.75, 3.05) is 6.79 Å². The minimum absolute atomic E-state index is 0.0548. The maximum absolute atomic E-state index is 13.2. The summed E-state index contributed by atoms with van der Waals surface area (Å²) in [6.07, 6.45) is 0. The van der Waals surface area contributed by atoms with Crippen LogP contribution in [0.1, 0.15) is 5.56 Å². The Morgan fingerprint density at radius 3 is 3.08 bits per heavy atom. The molecule has 0 unspecified atom stereocenters. The zero-order valence-corrected chi connectivity index (χ0v) is 6.75. The number of halogens is 1. The molecule has 0 spiro atoms. The first kappa shape index (κ1) is 8.28. The van der Waals surface area contributed by atoms with Crippen molar-refractivity contribution < 1.29 is 18.7 Å². The molecule has 0 aliphatic carbocycles. The summed E-state index contributed by atoms with van der Waals surface area (Å²) in [6, 6.07) is 2.94. The fourth-order valence-electron chi connectivity index (χ4n) is 1.20. The van der Waals surface area contributed by atoms with Crippen LogP contribution in [0, 0.1) is 5.82 Å². The summed E-state index contributed by atoms with van der Waals surface area (Å²) in [5.74, 6) is 4.95. The number of hydrogen-bond acceptors (Lipinski definition) is 4. The van der Waals surface area contributed by atoms with Gasteiger partial charge in [0.2, 0.25) is 12.5 Å². The maximum Gasteiger partial charge on any atom is 0.231 e. The van der Waals surface area contributed by atoms with Crippen molar-refractivity contribution in [1.82, 2.24) is 0 Å². The highest BCUT2D eigenvalue weighted by atomic mass is 19.1. The molecule has 0 fully saturated rings. The number of benzene rings is 1. The largest absolute Gasteiger partial charge is 0.453 e. The van der Waals surface area contributed by atoms with Crippen LogP contribution >= 0.6 is 0 Å². The third kappa shape index (κ3) is 1.43. The van der Waals surface area contributed by atoms with E-state index in [1.165, 1.54) is 6.07 Å². The van der Waals surface area contributed by atoms with Crippen LogP contribution in [0.4, 0.5) is 4.39 Å². The molecule has 0 atom stereocenters. The van der Waals surface area contributed by atoms with E-state index in [1.54, 1.807) is 6.07 Å². The molecule has 0 bridgehead atoms. The lowest BCUT2D eigenvalue weighted by Gasteiger charge is -2.02. The van der Waals surface area contributed by atoms with E-state index in [2.05, 4.69) is 4.84 Å². The Morgan fingerprint density at radius 2 is 2.31 bits per heavy atom. The summed E-state index contributed by atoms with van der Waals surface area (Å²) >= 11 is 0. The number of hydrogen-bond donors (Lipinski definition) is 1. The zero-order valence-electron chi connectivity index (χ0n) is 6.75. The molecule has 1 aromatic rings. The molecular formula is C8H8FNO3. The highest BCUT2D eigenvalue weighted by molar-refractivity contribution is 5.45. The standard InChI is InChI=1S/C8H8FNO3/c9-6-1-5(3-13-10)2-7-8(6)12-4-11-7/h1-2H,3-4,10H2. The van der Waals surface area contributed by atoms with Gasteiger partial charge in [-0.3, -0.25) is 4.84 Å². The van der Waals surface area contributed by atoms with Crippen LogP contribution in [0.15, 0.2) is 12.1 Å². The summed E-state index contributed by atoms with van der Waals surface area (Å²) < 4.78 is 23.1. The van der Waals surface area contributed by atoms with Gasteiger partial charge in [0.15, 0.2) is 11.6 Å². The zero-order chi connectivity index (χ0) is 9.26. The van der Waals surface area contributed by atoms with Crippen LogP contribution in [0.5, 0.6) is 11.5 Å². The topological polar surface area (TPSA) is 53.7 Å². The Kier molecular flexibility index (Phi) is 2.03. The summed E-state index contributed by atoms with van der Waals surface area (Å²) in [5, 5.41) is 0. The quantitative estimate of drug-likeness (QED) is 0.697. The van der Waals surface area contributed by atoms with Gasteiger partial charge in [-0.2, -0.15) is 0 Å². The van der Waals surface area contributed by atoms with Gasteiger partial charge in [-0.1, -0.05) is 0 Å². The van der Waals surface area contributed by atoms with E-state index >= 15 is 0 Å². The first-order chi connectivity index (χ1) is 6.31. The smallest absolute Gasteiger partial charge is 0.231 e. The highest BCUT2D eigenvalue weighted by Gasteiger charge is 2.19. The van der Waals surface area contributed by atoms with E-state index in [9.17, 15) is 4.39 Å². The molecular weight excluding hydrogens is 177 g/mol. The monoisotopic (exact) mass is 185 g/mol. The van der Waals surface area contributed by atoms with Gasteiger partial charge in [0, 0.05) is 0 Å². The lowest BCUT2D eigenvalue weighted by Crippen LogP contribution is -1.99. The molecule has 1 aliphatic rings. The van der Waals surface area contributed by atoms with Crippen LogP contribution in [0.3, 0.4) is 0 Å². The van der Waals surface area contributed by atoms with Gasteiger partial charge < -0.3 is 9.47 Å². The molecule has 1 heterocycles. The van der Waals surface area contributed by atoms with Crippen molar-refractivity contribution in [3.05, 3.63) is 23.5 Å². The molecule has 1 aromatic carbocycles. The fraction of sp³-hybridized carbons (Fsp3) is 0.250. The van der Waals surface area contributed by atoms with Gasteiger partial charge in [0.05, 0.1) is 6.61 Å². The Balaban J connectivity index is 2.37. The molecule has 4 nitrogen and oxygen atoms in total. The molecule has 70 valence electrons. The van der Waals surface area contributed by atoms with Crippen LogP contribution in [-0.4, -0.2) is 6.79 Å². The Labute approximate surface area is 74.0 Å². The minimum Gasteiger partial charge on any atom is -0.453 e. The average Bonchev–Trinajstić information content (AvgIpc) is 2.53. The van der Waals surface area contributed by atoms with Crippen molar-refractivity contribution in [2.24, 2.45) is 5.90 Å². The number of nitrogens with two attached hydrogens (primary N) is 1. The normalized spacial score (nSPS) is 13.4. The predicted molar refractivity (Wildman–Crippen MR) is 41.5 cm³/mol. The van der Waals surface area contributed by atoms with Crippen LogP contribution < -0.4 is 15.4 Å². The second-order valence-corrected chi connectivity index (χ2v) is 2.62. The Hall–Kier alpha value is -1.33. The minimum atomic E-state index is -0.456. The molecule has 2 N–H and O–H groups in total. The van der Waals surface area contributed by atoms with Crippen LogP contribution in [0.2, 0.25) is 0 Å². The van der Waals surface area contributed by atoms with Crippen LogP contribution in [-0.2, 0) is 11.4 Å². The second kappa shape index (κ2) is 3.20. The molecule has 13 heavy (non-hydrogen) atoms. The van der Waals surface area contributed by atoms with Crippen molar-refractivity contribution in [1.29, 1.82) is 0 Å². The first-order valence-electron chi connectivity index (χ1n) is 3.71. The SMILES string of the molecule is NOCc1cc(F)c2c(c1)OCO2. The second-order valence-electron chi connectivity index (χ2n) is 2.62. The summed E-state index contributed by atoms with van der Waals surface area (Å²) in [7, 11) is 0. The molecule has 0 amide bonds. The maximum atomic E-state index is 13.2. The summed E-state index contributed by atoms with van der Waals surface area (Å²) in [6.45, 7) is 0.201. The highest BCUT2D eigenvalue weighted by Crippen LogP contribution is 2.35. The summed E-state index contributed by atoms with van der Waals surface area (Å²) in [5.41, 5.74) is 0.615. The van der Waals surface area contributed by atoms with Gasteiger partial charge in [-0.15, -0.1) is 0 Å². The number of rotatable bonds is 2. The van der Waals surface area contributed by atoms with Gasteiger partial charge in [0.1, 0.15) is 0 Å². The molecule has 0 saturated heterocycles. The van der Waals surface area contributed by atoms with Crippen LogP contribution in [0.25, 0.3) is 0 Å². The Morgan fingerprint density at radius 1 is 1.46 bits per heavy atom. The Bertz CT molecular complexity index is 329. The first-order valence-corrected chi connectivity index (χ1v) is 3.71. The lowest BCUT2D eigenvalue weighted by molar-refractivity contribution is 0.123. The number of ether oxygens (including phenoxy) is 2. The molecule has 0 saturated carbocycles. The van der Waals surface area contributed by atoms with E-state index in [4.69, 9.17) is 15.4 Å². The molecule has 0 radical (unpaired) electrons. The third-order valence-electron chi connectivity index (χ3n) is 1.74.